The molecule has 28 heavy (non-hydrogen) atoms. The van der Waals surface area contributed by atoms with E-state index in [1.165, 1.54) is 23.5 Å². The van der Waals surface area contributed by atoms with Crippen LogP contribution in [0.2, 0.25) is 0 Å². The highest BCUT2D eigenvalue weighted by atomic mass is 35.5. The van der Waals surface area contributed by atoms with Crippen molar-refractivity contribution in [3.05, 3.63) is 23.8 Å². The van der Waals surface area contributed by atoms with Gasteiger partial charge in [0.25, 0.3) is 5.91 Å². The van der Waals surface area contributed by atoms with Crippen molar-refractivity contribution in [2.75, 3.05) is 53.0 Å². The largest absolute Gasteiger partial charge is 0.496 e. The molecule has 158 valence electrons. The van der Waals surface area contributed by atoms with Crippen molar-refractivity contribution < 1.29 is 22.7 Å². The van der Waals surface area contributed by atoms with Gasteiger partial charge in [0.2, 0.25) is 10.0 Å². The van der Waals surface area contributed by atoms with Gasteiger partial charge in [-0.1, -0.05) is 6.92 Å². The maximum Gasteiger partial charge on any atom is 0.257 e. The molecule has 10 heteroatoms. The number of carbonyl (C=O) groups is 1. The number of benzene rings is 1. The average molecular weight is 434 g/mol. The summed E-state index contributed by atoms with van der Waals surface area (Å²) in [6.45, 7) is 5.04. The van der Waals surface area contributed by atoms with Crippen LogP contribution in [0.1, 0.15) is 23.7 Å². The number of likely N-dealkylation sites (tertiary alicyclic amines) is 1. The number of methoxy groups -OCH3 is 1. The summed E-state index contributed by atoms with van der Waals surface area (Å²) >= 11 is 0. The molecule has 3 rings (SSSR count). The highest BCUT2D eigenvalue weighted by Crippen LogP contribution is 2.32. The summed E-state index contributed by atoms with van der Waals surface area (Å²) in [5, 5.41) is 0. The van der Waals surface area contributed by atoms with Gasteiger partial charge in [0, 0.05) is 26.2 Å². The van der Waals surface area contributed by atoms with E-state index in [0.717, 1.165) is 6.42 Å². The molecule has 1 amide bonds. The number of ether oxygens (including phenoxy) is 2. The third kappa shape index (κ3) is 4.44. The number of morpholine rings is 1. The summed E-state index contributed by atoms with van der Waals surface area (Å²) in [7, 11) is -2.22. The first kappa shape index (κ1) is 22.9. The minimum absolute atomic E-state index is 0. The van der Waals surface area contributed by atoms with E-state index in [1.807, 2.05) is 0 Å². The van der Waals surface area contributed by atoms with Gasteiger partial charge in [-0.2, -0.15) is 4.31 Å². The van der Waals surface area contributed by atoms with Crippen LogP contribution in [-0.4, -0.2) is 76.6 Å². The summed E-state index contributed by atoms with van der Waals surface area (Å²) < 4.78 is 37.8. The molecule has 2 heterocycles. The van der Waals surface area contributed by atoms with Gasteiger partial charge < -0.3 is 20.1 Å². The Balaban J connectivity index is 0.00000280. The zero-order chi connectivity index (χ0) is 19.7. The normalized spacial score (nSPS) is 23.3. The van der Waals surface area contributed by atoms with Crippen LogP contribution in [0.3, 0.4) is 0 Å². The van der Waals surface area contributed by atoms with E-state index in [2.05, 4.69) is 6.92 Å². The van der Waals surface area contributed by atoms with E-state index in [9.17, 15) is 13.2 Å². The molecular weight excluding hydrogens is 406 g/mol. The molecule has 0 radical (unpaired) electrons. The molecule has 0 bridgehead atoms. The molecule has 8 nitrogen and oxygen atoms in total. The standard InChI is InChI=1S/C18H27N3O5S.ClH/c1-18(12-19)5-6-20(13-18)17(22)15-11-14(3-4-16(15)25-2)27(23,24)21-7-9-26-10-8-21;/h3-4,11H,5-10,12-13,19H2,1-2H3;1H. The van der Waals surface area contributed by atoms with Crippen LogP contribution in [0.4, 0.5) is 0 Å². The highest BCUT2D eigenvalue weighted by Gasteiger charge is 2.36. The van der Waals surface area contributed by atoms with Gasteiger partial charge in [-0.15, -0.1) is 12.4 Å². The maximum atomic E-state index is 13.1. The second-order valence-corrected chi connectivity index (χ2v) is 9.31. The smallest absolute Gasteiger partial charge is 0.257 e. The van der Waals surface area contributed by atoms with Crippen molar-refractivity contribution in [1.29, 1.82) is 0 Å². The van der Waals surface area contributed by atoms with Gasteiger partial charge in [-0.3, -0.25) is 4.79 Å². The third-order valence-electron chi connectivity index (χ3n) is 5.35. The lowest BCUT2D eigenvalue weighted by Gasteiger charge is -2.26. The van der Waals surface area contributed by atoms with E-state index >= 15 is 0 Å². The number of rotatable bonds is 5. The number of halogens is 1. The molecule has 0 aromatic heterocycles. The molecular formula is C18H28ClN3O5S. The SMILES string of the molecule is COc1ccc(S(=O)(=O)N2CCOCC2)cc1C(=O)N1CCC(C)(CN)C1.Cl. The Morgan fingerprint density at radius 1 is 1.29 bits per heavy atom. The quantitative estimate of drug-likeness (QED) is 0.741. The number of hydrogen-bond donors (Lipinski definition) is 1. The van der Waals surface area contributed by atoms with Crippen molar-refractivity contribution in [2.45, 2.75) is 18.2 Å². The van der Waals surface area contributed by atoms with E-state index in [1.54, 1.807) is 11.0 Å². The molecule has 0 saturated carbocycles. The summed E-state index contributed by atoms with van der Waals surface area (Å²) in [5.41, 5.74) is 5.98. The number of nitrogens with two attached hydrogens (primary N) is 1. The fraction of sp³-hybridized carbons (Fsp3) is 0.611. The number of sulfonamides is 1. The lowest BCUT2D eigenvalue weighted by atomic mass is 9.90. The average Bonchev–Trinajstić information content (AvgIpc) is 3.10. The first-order valence-electron chi connectivity index (χ1n) is 9.06. The molecule has 1 unspecified atom stereocenters. The van der Waals surface area contributed by atoms with Crippen LogP contribution in [0.5, 0.6) is 5.75 Å². The van der Waals surface area contributed by atoms with E-state index in [-0.39, 0.29) is 34.2 Å². The van der Waals surface area contributed by atoms with Gasteiger partial charge in [0.05, 0.1) is 30.8 Å². The number of hydrogen-bond acceptors (Lipinski definition) is 6. The van der Waals surface area contributed by atoms with Gasteiger partial charge in [-0.25, -0.2) is 8.42 Å². The molecule has 0 spiro atoms. The molecule has 2 saturated heterocycles. The first-order chi connectivity index (χ1) is 12.8. The van der Waals surface area contributed by atoms with Crippen LogP contribution >= 0.6 is 12.4 Å². The first-order valence-corrected chi connectivity index (χ1v) is 10.5. The Bertz CT molecular complexity index is 813. The van der Waals surface area contributed by atoms with Crippen molar-refractivity contribution >= 4 is 28.3 Å². The summed E-state index contributed by atoms with van der Waals surface area (Å²) in [4.78, 5) is 14.9. The van der Waals surface area contributed by atoms with Crippen LogP contribution in [0, 0.1) is 5.41 Å². The van der Waals surface area contributed by atoms with Crippen LogP contribution in [0.15, 0.2) is 23.1 Å². The highest BCUT2D eigenvalue weighted by molar-refractivity contribution is 7.89. The van der Waals surface area contributed by atoms with E-state index < -0.39 is 10.0 Å². The molecule has 0 aliphatic carbocycles. The Morgan fingerprint density at radius 3 is 2.54 bits per heavy atom. The predicted molar refractivity (Wildman–Crippen MR) is 108 cm³/mol. The number of nitrogens with zero attached hydrogens (tertiary/aromatic N) is 2. The molecule has 2 aliphatic heterocycles. The maximum absolute atomic E-state index is 13.1. The zero-order valence-electron chi connectivity index (χ0n) is 16.2. The van der Waals surface area contributed by atoms with Crippen molar-refractivity contribution in [2.24, 2.45) is 11.1 Å². The minimum Gasteiger partial charge on any atom is -0.496 e. The number of amides is 1. The summed E-state index contributed by atoms with van der Waals surface area (Å²) in [6, 6.07) is 4.44. The lowest BCUT2D eigenvalue weighted by Crippen LogP contribution is -2.40. The Kier molecular flexibility index (Phi) is 7.33. The van der Waals surface area contributed by atoms with Crippen LogP contribution in [-0.2, 0) is 14.8 Å². The fourth-order valence-corrected chi connectivity index (χ4v) is 4.92. The van der Waals surface area contributed by atoms with Gasteiger partial charge in [0.1, 0.15) is 5.75 Å². The predicted octanol–water partition coefficient (Wildman–Crippen LogP) is 0.949. The summed E-state index contributed by atoms with van der Waals surface area (Å²) in [5.74, 6) is 0.130. The van der Waals surface area contributed by atoms with Crippen molar-refractivity contribution in [1.82, 2.24) is 9.21 Å². The second-order valence-electron chi connectivity index (χ2n) is 7.37. The Hall–Kier alpha value is -1.39. The monoisotopic (exact) mass is 433 g/mol. The Morgan fingerprint density at radius 2 is 1.96 bits per heavy atom. The topological polar surface area (TPSA) is 102 Å². The lowest BCUT2D eigenvalue weighted by molar-refractivity contribution is 0.0730. The zero-order valence-corrected chi connectivity index (χ0v) is 17.9. The van der Waals surface area contributed by atoms with E-state index in [4.69, 9.17) is 15.2 Å². The molecule has 1 aromatic carbocycles. The number of carbonyl (C=O) groups excluding carboxylic acids is 1. The van der Waals surface area contributed by atoms with Crippen molar-refractivity contribution in [3.63, 3.8) is 0 Å². The van der Waals surface area contributed by atoms with Gasteiger partial charge in [-0.05, 0) is 36.6 Å². The molecule has 2 fully saturated rings. The van der Waals surface area contributed by atoms with Crippen molar-refractivity contribution in [3.8, 4) is 5.75 Å². The summed E-state index contributed by atoms with van der Waals surface area (Å²) in [6.07, 6.45) is 0.823. The third-order valence-corrected chi connectivity index (χ3v) is 7.24. The van der Waals surface area contributed by atoms with Gasteiger partial charge in [0.15, 0.2) is 0 Å². The van der Waals surface area contributed by atoms with Gasteiger partial charge >= 0.3 is 0 Å². The molecule has 1 atom stereocenters. The fourth-order valence-electron chi connectivity index (χ4n) is 3.48. The molecule has 2 N–H and O–H groups in total. The van der Waals surface area contributed by atoms with E-state index in [0.29, 0.717) is 51.7 Å². The Labute approximate surface area is 172 Å². The van der Waals surface area contributed by atoms with Crippen LogP contribution in [0.25, 0.3) is 0 Å². The van der Waals surface area contributed by atoms with Crippen LogP contribution < -0.4 is 10.5 Å². The molecule has 2 aliphatic rings. The molecule has 1 aromatic rings. The second kappa shape index (κ2) is 8.96. The minimum atomic E-state index is -3.69.